The van der Waals surface area contributed by atoms with E-state index in [0.717, 1.165) is 45.7 Å². The van der Waals surface area contributed by atoms with Gasteiger partial charge in [0.05, 0.1) is 11.3 Å². The van der Waals surface area contributed by atoms with Crippen molar-refractivity contribution in [2.24, 2.45) is 0 Å². The van der Waals surface area contributed by atoms with Crippen LogP contribution in [0.2, 0.25) is 0 Å². The number of fused-ring (bicyclic) bond motifs is 1. The fourth-order valence-electron chi connectivity index (χ4n) is 3.73. The fourth-order valence-corrected chi connectivity index (χ4v) is 3.73. The molecule has 2 fully saturated rings. The lowest BCUT2D eigenvalue weighted by Gasteiger charge is -2.32. The lowest BCUT2D eigenvalue weighted by Crippen LogP contribution is -2.49. The Labute approximate surface area is 140 Å². The van der Waals surface area contributed by atoms with Crippen LogP contribution < -0.4 is 15.4 Å². The first-order valence-electron chi connectivity index (χ1n) is 8.52. The van der Waals surface area contributed by atoms with E-state index in [1.54, 1.807) is 18.2 Å². The number of hydrogen-bond acceptors (Lipinski definition) is 5. The number of hydrogen-bond donors (Lipinski definition) is 2. The SMILES string of the molecule is O=C1COc2c(cccc2C(=O)N2CCC(N3CCNCC3)C2)N1. The van der Waals surface area contributed by atoms with Gasteiger partial charge in [0.2, 0.25) is 0 Å². The van der Waals surface area contributed by atoms with Crippen LogP contribution >= 0.6 is 0 Å². The molecule has 0 spiro atoms. The summed E-state index contributed by atoms with van der Waals surface area (Å²) in [4.78, 5) is 28.7. The van der Waals surface area contributed by atoms with E-state index < -0.39 is 0 Å². The van der Waals surface area contributed by atoms with Crippen molar-refractivity contribution < 1.29 is 14.3 Å². The van der Waals surface area contributed by atoms with Crippen molar-refractivity contribution in [3.8, 4) is 5.75 Å². The molecule has 0 bridgehead atoms. The zero-order valence-electron chi connectivity index (χ0n) is 13.6. The van der Waals surface area contributed by atoms with Crippen LogP contribution in [0.1, 0.15) is 16.8 Å². The lowest BCUT2D eigenvalue weighted by atomic mass is 10.1. The highest BCUT2D eigenvalue weighted by Gasteiger charge is 2.33. The maximum Gasteiger partial charge on any atom is 0.262 e. The van der Waals surface area contributed by atoms with Crippen LogP contribution in [0.15, 0.2) is 18.2 Å². The fraction of sp³-hybridized carbons (Fsp3) is 0.529. The number of benzene rings is 1. The van der Waals surface area contributed by atoms with Gasteiger partial charge in [-0.1, -0.05) is 6.07 Å². The van der Waals surface area contributed by atoms with Crippen molar-refractivity contribution in [1.29, 1.82) is 0 Å². The first kappa shape index (κ1) is 15.4. The topological polar surface area (TPSA) is 73.9 Å². The molecule has 1 aromatic rings. The standard InChI is InChI=1S/C17H22N4O3/c22-15-11-24-16-13(2-1-3-14(16)19-15)17(23)21-7-4-12(10-21)20-8-5-18-6-9-20/h1-3,12,18H,4-11H2,(H,19,22). The number of ether oxygens (including phenoxy) is 1. The second-order valence-corrected chi connectivity index (χ2v) is 6.50. The van der Waals surface area contributed by atoms with Crippen molar-refractivity contribution in [1.82, 2.24) is 15.1 Å². The summed E-state index contributed by atoms with van der Waals surface area (Å²) >= 11 is 0. The van der Waals surface area contributed by atoms with Crippen LogP contribution in [0, 0.1) is 0 Å². The number of likely N-dealkylation sites (tertiary alicyclic amines) is 1. The number of anilines is 1. The second kappa shape index (κ2) is 6.41. The van der Waals surface area contributed by atoms with E-state index in [1.165, 1.54) is 0 Å². The average molecular weight is 330 g/mol. The van der Waals surface area contributed by atoms with Crippen molar-refractivity contribution in [2.45, 2.75) is 12.5 Å². The summed E-state index contributed by atoms with van der Waals surface area (Å²) in [6.07, 6.45) is 1.01. The summed E-state index contributed by atoms with van der Waals surface area (Å²) in [7, 11) is 0. The minimum Gasteiger partial charge on any atom is -0.481 e. The third-order valence-electron chi connectivity index (χ3n) is 4.99. The van der Waals surface area contributed by atoms with Gasteiger partial charge in [0.15, 0.2) is 12.4 Å². The Hall–Kier alpha value is -2.12. The van der Waals surface area contributed by atoms with Gasteiger partial charge in [-0.05, 0) is 18.6 Å². The van der Waals surface area contributed by atoms with Crippen molar-refractivity contribution >= 4 is 17.5 Å². The largest absolute Gasteiger partial charge is 0.481 e. The minimum absolute atomic E-state index is 0.0133. The van der Waals surface area contributed by atoms with Gasteiger partial charge >= 0.3 is 0 Å². The van der Waals surface area contributed by atoms with Gasteiger partial charge in [-0.25, -0.2) is 0 Å². The number of carbonyl (C=O) groups excluding carboxylic acids is 2. The molecule has 0 radical (unpaired) electrons. The highest BCUT2D eigenvalue weighted by Crippen LogP contribution is 2.33. The molecule has 0 saturated carbocycles. The van der Waals surface area contributed by atoms with Gasteiger partial charge in [0.25, 0.3) is 11.8 Å². The molecule has 2 saturated heterocycles. The van der Waals surface area contributed by atoms with Crippen LogP contribution in [0.25, 0.3) is 0 Å². The van der Waals surface area contributed by atoms with E-state index in [0.29, 0.717) is 23.0 Å². The van der Waals surface area contributed by atoms with Crippen molar-refractivity contribution in [3.05, 3.63) is 23.8 Å². The first-order chi connectivity index (χ1) is 11.7. The summed E-state index contributed by atoms with van der Waals surface area (Å²) < 4.78 is 5.51. The quantitative estimate of drug-likeness (QED) is 0.807. The van der Waals surface area contributed by atoms with E-state index in [4.69, 9.17) is 4.74 Å². The average Bonchev–Trinajstić information content (AvgIpc) is 3.11. The zero-order chi connectivity index (χ0) is 16.5. The highest BCUT2D eigenvalue weighted by atomic mass is 16.5. The zero-order valence-corrected chi connectivity index (χ0v) is 13.6. The Morgan fingerprint density at radius 2 is 2.04 bits per heavy atom. The molecule has 1 atom stereocenters. The Morgan fingerprint density at radius 1 is 1.21 bits per heavy atom. The van der Waals surface area contributed by atoms with E-state index >= 15 is 0 Å². The van der Waals surface area contributed by atoms with Crippen LogP contribution in [0.5, 0.6) is 5.75 Å². The molecule has 3 heterocycles. The normalized spacial score (nSPS) is 24.2. The molecule has 3 aliphatic heterocycles. The molecule has 0 aromatic heterocycles. The van der Waals surface area contributed by atoms with E-state index in [1.807, 2.05) is 4.90 Å². The van der Waals surface area contributed by atoms with Crippen molar-refractivity contribution in [3.63, 3.8) is 0 Å². The number of amides is 2. The summed E-state index contributed by atoms with van der Waals surface area (Å²) in [6.45, 7) is 5.61. The van der Waals surface area contributed by atoms with Gasteiger partial charge < -0.3 is 20.3 Å². The number of nitrogens with zero attached hydrogens (tertiary/aromatic N) is 2. The molecule has 24 heavy (non-hydrogen) atoms. The van der Waals surface area contributed by atoms with Crippen LogP contribution in [0.3, 0.4) is 0 Å². The van der Waals surface area contributed by atoms with Gasteiger partial charge in [-0.3, -0.25) is 14.5 Å². The van der Waals surface area contributed by atoms with Gasteiger partial charge in [0, 0.05) is 45.3 Å². The number of carbonyl (C=O) groups is 2. The van der Waals surface area contributed by atoms with Crippen LogP contribution in [-0.4, -0.2) is 73.5 Å². The number of piperazine rings is 1. The summed E-state index contributed by atoms with van der Waals surface area (Å²) in [6, 6.07) is 5.76. The number of para-hydroxylation sites is 1. The third-order valence-corrected chi connectivity index (χ3v) is 4.99. The Morgan fingerprint density at radius 3 is 2.88 bits per heavy atom. The highest BCUT2D eigenvalue weighted by molar-refractivity contribution is 6.03. The molecule has 7 nitrogen and oxygen atoms in total. The molecular formula is C17H22N4O3. The molecule has 128 valence electrons. The summed E-state index contributed by atoms with van der Waals surface area (Å²) in [5.41, 5.74) is 1.11. The predicted molar refractivity (Wildman–Crippen MR) is 89.3 cm³/mol. The molecule has 2 N–H and O–H groups in total. The monoisotopic (exact) mass is 330 g/mol. The number of nitrogens with one attached hydrogen (secondary N) is 2. The maximum absolute atomic E-state index is 12.9. The van der Waals surface area contributed by atoms with Crippen LogP contribution in [0.4, 0.5) is 5.69 Å². The van der Waals surface area contributed by atoms with E-state index in [-0.39, 0.29) is 18.4 Å². The minimum atomic E-state index is -0.188. The molecule has 3 aliphatic rings. The van der Waals surface area contributed by atoms with Gasteiger partial charge in [0.1, 0.15) is 0 Å². The van der Waals surface area contributed by atoms with Gasteiger partial charge in [-0.15, -0.1) is 0 Å². The second-order valence-electron chi connectivity index (χ2n) is 6.50. The Bertz CT molecular complexity index is 657. The summed E-state index contributed by atoms with van der Waals surface area (Å²) in [5, 5.41) is 6.12. The first-order valence-corrected chi connectivity index (χ1v) is 8.52. The van der Waals surface area contributed by atoms with Crippen LogP contribution in [-0.2, 0) is 4.79 Å². The third kappa shape index (κ3) is 2.85. The molecule has 1 unspecified atom stereocenters. The molecule has 2 amide bonds. The smallest absolute Gasteiger partial charge is 0.262 e. The summed E-state index contributed by atoms with van der Waals surface area (Å²) in [5.74, 6) is 0.292. The molecule has 4 rings (SSSR count). The number of rotatable bonds is 2. The lowest BCUT2D eigenvalue weighted by molar-refractivity contribution is -0.118. The molecule has 7 heteroatoms. The van der Waals surface area contributed by atoms with Gasteiger partial charge in [-0.2, -0.15) is 0 Å². The predicted octanol–water partition coefficient (Wildman–Crippen LogP) is 0.137. The Kier molecular flexibility index (Phi) is 4.12. The Balaban J connectivity index is 1.49. The molecular weight excluding hydrogens is 308 g/mol. The molecule has 0 aliphatic carbocycles. The van der Waals surface area contributed by atoms with E-state index in [2.05, 4.69) is 15.5 Å². The maximum atomic E-state index is 12.9. The van der Waals surface area contributed by atoms with E-state index in [9.17, 15) is 9.59 Å². The van der Waals surface area contributed by atoms with Crippen molar-refractivity contribution in [2.75, 3.05) is 51.2 Å². The molecule has 1 aromatic carbocycles.